The molecule has 1 rings (SSSR count). The van der Waals surface area contributed by atoms with Crippen LogP contribution in [-0.2, 0) is 6.54 Å². The lowest BCUT2D eigenvalue weighted by molar-refractivity contribution is 0.313. The van der Waals surface area contributed by atoms with Crippen LogP contribution in [0.3, 0.4) is 0 Å². The largest absolute Gasteiger partial charge is 0.330 e. The number of rotatable bonds is 9. The van der Waals surface area contributed by atoms with Crippen LogP contribution in [0.15, 0.2) is 5.38 Å². The molecule has 2 N–H and O–H groups in total. The van der Waals surface area contributed by atoms with Crippen LogP contribution < -0.4 is 5.73 Å². The molecule has 98 valence electrons. The summed E-state index contributed by atoms with van der Waals surface area (Å²) in [5, 5.41) is 3.32. The molecule has 17 heavy (non-hydrogen) atoms. The second-order valence-electron chi connectivity index (χ2n) is 4.65. The molecule has 1 heterocycles. The Bertz CT molecular complexity index is 299. The van der Waals surface area contributed by atoms with Gasteiger partial charge in [-0.3, -0.25) is 0 Å². The predicted molar refractivity (Wildman–Crippen MR) is 75.3 cm³/mol. The van der Waals surface area contributed by atoms with Gasteiger partial charge in [0, 0.05) is 11.9 Å². The molecular weight excluding hydrogens is 230 g/mol. The van der Waals surface area contributed by atoms with Gasteiger partial charge in [0.2, 0.25) is 0 Å². The molecule has 0 unspecified atom stereocenters. The minimum Gasteiger partial charge on any atom is -0.330 e. The normalized spacial score (nSPS) is 11.3. The van der Waals surface area contributed by atoms with Crippen molar-refractivity contribution in [2.45, 2.75) is 45.6 Å². The highest BCUT2D eigenvalue weighted by Gasteiger charge is 2.03. The highest BCUT2D eigenvalue weighted by Crippen LogP contribution is 2.10. The summed E-state index contributed by atoms with van der Waals surface area (Å²) in [5.74, 6) is 0. The Kier molecular flexibility index (Phi) is 7.40. The van der Waals surface area contributed by atoms with Gasteiger partial charge in [0.15, 0.2) is 0 Å². The van der Waals surface area contributed by atoms with Gasteiger partial charge in [0.1, 0.15) is 0 Å². The van der Waals surface area contributed by atoms with Gasteiger partial charge in [-0.25, -0.2) is 4.98 Å². The Hall–Kier alpha value is -0.450. The van der Waals surface area contributed by atoms with Gasteiger partial charge in [-0.15, -0.1) is 11.3 Å². The first kappa shape index (κ1) is 14.6. The third-order valence-corrected chi connectivity index (χ3v) is 3.66. The Labute approximate surface area is 109 Å². The van der Waals surface area contributed by atoms with Gasteiger partial charge in [-0.1, -0.05) is 19.3 Å². The van der Waals surface area contributed by atoms with Crippen LogP contribution in [0, 0.1) is 6.92 Å². The van der Waals surface area contributed by atoms with Crippen molar-refractivity contribution < 1.29 is 0 Å². The minimum atomic E-state index is 0.836. The van der Waals surface area contributed by atoms with E-state index in [0.29, 0.717) is 0 Å². The quantitative estimate of drug-likeness (QED) is 0.690. The number of nitrogens with two attached hydrogens (primary N) is 1. The van der Waals surface area contributed by atoms with E-state index in [1.807, 2.05) is 0 Å². The summed E-state index contributed by atoms with van der Waals surface area (Å²) in [7, 11) is 2.18. The van der Waals surface area contributed by atoms with E-state index in [1.54, 1.807) is 11.3 Å². The molecule has 0 aliphatic rings. The summed E-state index contributed by atoms with van der Waals surface area (Å²) in [6.07, 6.45) is 6.38. The maximum absolute atomic E-state index is 5.47. The summed E-state index contributed by atoms with van der Waals surface area (Å²) in [4.78, 5) is 6.84. The van der Waals surface area contributed by atoms with Crippen LogP contribution in [0.1, 0.15) is 42.8 Å². The predicted octanol–water partition coefficient (Wildman–Crippen LogP) is 2.79. The first-order valence-corrected chi connectivity index (χ1v) is 7.40. The van der Waals surface area contributed by atoms with Crippen molar-refractivity contribution >= 4 is 11.3 Å². The summed E-state index contributed by atoms with van der Waals surface area (Å²) >= 11 is 1.73. The molecule has 0 aliphatic carbocycles. The molecule has 0 radical (unpaired) electrons. The van der Waals surface area contributed by atoms with E-state index in [-0.39, 0.29) is 0 Å². The van der Waals surface area contributed by atoms with Gasteiger partial charge in [-0.2, -0.15) is 0 Å². The second kappa shape index (κ2) is 8.61. The first-order chi connectivity index (χ1) is 8.22. The molecule has 1 aromatic rings. The fourth-order valence-electron chi connectivity index (χ4n) is 1.89. The number of unbranched alkanes of at least 4 members (excludes halogenated alkanes) is 4. The summed E-state index contributed by atoms with van der Waals surface area (Å²) in [6, 6.07) is 0. The Morgan fingerprint density at radius 2 is 1.94 bits per heavy atom. The van der Waals surface area contributed by atoms with Crippen molar-refractivity contribution in [1.29, 1.82) is 0 Å². The number of aromatic nitrogens is 1. The van der Waals surface area contributed by atoms with Crippen LogP contribution in [0.4, 0.5) is 0 Å². The molecule has 0 saturated heterocycles. The van der Waals surface area contributed by atoms with E-state index in [1.165, 1.54) is 44.3 Å². The zero-order valence-corrected chi connectivity index (χ0v) is 11.9. The monoisotopic (exact) mass is 255 g/mol. The van der Waals surface area contributed by atoms with Crippen LogP contribution >= 0.6 is 11.3 Å². The average Bonchev–Trinajstić information content (AvgIpc) is 2.69. The highest BCUT2D eigenvalue weighted by atomic mass is 32.1. The van der Waals surface area contributed by atoms with Gasteiger partial charge in [0.05, 0.1) is 10.7 Å². The van der Waals surface area contributed by atoms with Crippen molar-refractivity contribution in [1.82, 2.24) is 9.88 Å². The smallest absolute Gasteiger partial charge is 0.0897 e. The van der Waals surface area contributed by atoms with Crippen LogP contribution in [0.25, 0.3) is 0 Å². The van der Waals surface area contributed by atoms with Gasteiger partial charge < -0.3 is 10.6 Å². The molecule has 3 nitrogen and oxygen atoms in total. The second-order valence-corrected chi connectivity index (χ2v) is 5.71. The first-order valence-electron chi connectivity index (χ1n) is 6.52. The topological polar surface area (TPSA) is 42.2 Å². The lowest BCUT2D eigenvalue weighted by Gasteiger charge is -2.14. The summed E-state index contributed by atoms with van der Waals surface area (Å²) < 4.78 is 0. The minimum absolute atomic E-state index is 0.836. The van der Waals surface area contributed by atoms with Crippen molar-refractivity contribution in [3.05, 3.63) is 16.1 Å². The third-order valence-electron chi connectivity index (χ3n) is 2.84. The fraction of sp³-hybridized carbons (Fsp3) is 0.769. The van der Waals surface area contributed by atoms with E-state index in [2.05, 4.69) is 29.2 Å². The SMILES string of the molecule is Cc1nc(CN(C)CCCCCCCN)cs1. The number of nitrogens with zero attached hydrogens (tertiary/aromatic N) is 2. The van der Waals surface area contributed by atoms with Crippen LogP contribution in [0.5, 0.6) is 0 Å². The van der Waals surface area contributed by atoms with Crippen molar-refractivity contribution in [3.8, 4) is 0 Å². The van der Waals surface area contributed by atoms with Gasteiger partial charge in [-0.05, 0) is 39.9 Å². The molecule has 0 atom stereocenters. The van der Waals surface area contributed by atoms with Gasteiger partial charge in [0.25, 0.3) is 0 Å². The van der Waals surface area contributed by atoms with Crippen molar-refractivity contribution in [2.24, 2.45) is 5.73 Å². The van der Waals surface area contributed by atoms with E-state index >= 15 is 0 Å². The number of aryl methyl sites for hydroxylation is 1. The molecular formula is C13H25N3S. The molecule has 0 fully saturated rings. The standard InChI is InChI=1S/C13H25N3S/c1-12-15-13(11-17-12)10-16(2)9-7-5-3-4-6-8-14/h11H,3-10,14H2,1-2H3. The van der Waals surface area contributed by atoms with Crippen molar-refractivity contribution in [3.63, 3.8) is 0 Å². The van der Waals surface area contributed by atoms with E-state index in [0.717, 1.165) is 18.1 Å². The molecule has 1 aromatic heterocycles. The van der Waals surface area contributed by atoms with Crippen molar-refractivity contribution in [2.75, 3.05) is 20.1 Å². The molecule has 0 spiro atoms. The Morgan fingerprint density at radius 3 is 2.59 bits per heavy atom. The van der Waals surface area contributed by atoms with E-state index in [4.69, 9.17) is 5.73 Å². The Morgan fingerprint density at radius 1 is 1.24 bits per heavy atom. The molecule has 4 heteroatoms. The summed E-state index contributed by atoms with van der Waals surface area (Å²) in [5.41, 5.74) is 6.67. The zero-order chi connectivity index (χ0) is 12.5. The van der Waals surface area contributed by atoms with Gasteiger partial charge >= 0.3 is 0 Å². The lowest BCUT2D eigenvalue weighted by Crippen LogP contribution is -2.19. The maximum atomic E-state index is 5.47. The molecule has 0 saturated carbocycles. The summed E-state index contributed by atoms with van der Waals surface area (Å²) in [6.45, 7) is 5.04. The average molecular weight is 255 g/mol. The molecule has 0 aliphatic heterocycles. The highest BCUT2D eigenvalue weighted by molar-refractivity contribution is 7.09. The lowest BCUT2D eigenvalue weighted by atomic mass is 10.1. The molecule has 0 amide bonds. The molecule has 0 aromatic carbocycles. The fourth-order valence-corrected chi connectivity index (χ4v) is 2.50. The number of thiazole rings is 1. The van der Waals surface area contributed by atoms with Crippen LogP contribution in [-0.4, -0.2) is 30.0 Å². The zero-order valence-electron chi connectivity index (χ0n) is 11.1. The molecule has 0 bridgehead atoms. The van der Waals surface area contributed by atoms with E-state index in [9.17, 15) is 0 Å². The van der Waals surface area contributed by atoms with E-state index < -0.39 is 0 Å². The van der Waals surface area contributed by atoms with Crippen LogP contribution in [0.2, 0.25) is 0 Å². The maximum Gasteiger partial charge on any atom is 0.0897 e. The third kappa shape index (κ3) is 6.76. The Balaban J connectivity index is 2.03. The number of hydrogen-bond donors (Lipinski definition) is 1. The number of hydrogen-bond acceptors (Lipinski definition) is 4.